The maximum Gasteiger partial charge on any atom is 0.234 e. The minimum Gasteiger partial charge on any atom is -0.284 e. The Hall–Kier alpha value is -2.32. The van der Waals surface area contributed by atoms with Gasteiger partial charge in [0.25, 0.3) is 0 Å². The van der Waals surface area contributed by atoms with Gasteiger partial charge in [-0.05, 0) is 49.3 Å². The average Bonchev–Trinajstić information content (AvgIpc) is 2.93. The zero-order valence-electron chi connectivity index (χ0n) is 15.3. The predicted octanol–water partition coefficient (Wildman–Crippen LogP) is 2.40. The number of sulfonamides is 1. The van der Waals surface area contributed by atoms with Crippen LogP contribution in [0.3, 0.4) is 0 Å². The lowest BCUT2D eigenvalue weighted by atomic mass is 9.93. The summed E-state index contributed by atoms with van der Waals surface area (Å²) in [6.07, 6.45) is 14.3. The highest BCUT2D eigenvalue weighted by Crippen LogP contribution is 2.25. The standard InChI is InChI=1S/C19H23N5O2S/c1-27(25,26)23-7-2-4-15(5-9-23)10-16-11-17(13-20-12-16)18-14-22-19-21-6-3-8-24(18)19/h3,6,8,11-15H,2,4-5,7,9-10H2,1H3/t15-/m1/s1. The van der Waals surface area contributed by atoms with E-state index in [4.69, 9.17) is 0 Å². The van der Waals surface area contributed by atoms with E-state index in [-0.39, 0.29) is 0 Å². The molecule has 142 valence electrons. The summed E-state index contributed by atoms with van der Waals surface area (Å²) < 4.78 is 27.1. The molecule has 4 heterocycles. The highest BCUT2D eigenvalue weighted by atomic mass is 32.2. The molecule has 0 bridgehead atoms. The van der Waals surface area contributed by atoms with Gasteiger partial charge in [0.15, 0.2) is 0 Å². The van der Waals surface area contributed by atoms with Gasteiger partial charge >= 0.3 is 0 Å². The Bertz CT molecular complexity index is 1050. The third-order valence-corrected chi connectivity index (χ3v) is 6.48. The molecule has 0 amide bonds. The first kappa shape index (κ1) is 18.1. The Kier molecular flexibility index (Phi) is 4.92. The third-order valence-electron chi connectivity index (χ3n) is 5.18. The lowest BCUT2D eigenvalue weighted by molar-refractivity contribution is 0.413. The van der Waals surface area contributed by atoms with Gasteiger partial charge in [0.05, 0.1) is 18.1 Å². The summed E-state index contributed by atoms with van der Waals surface area (Å²) >= 11 is 0. The van der Waals surface area contributed by atoms with Gasteiger partial charge < -0.3 is 0 Å². The van der Waals surface area contributed by atoms with Crippen LogP contribution in [-0.4, -0.2) is 51.4 Å². The smallest absolute Gasteiger partial charge is 0.234 e. The summed E-state index contributed by atoms with van der Waals surface area (Å²) in [4.78, 5) is 13.0. The van der Waals surface area contributed by atoms with E-state index in [1.807, 2.05) is 35.3 Å². The second kappa shape index (κ2) is 7.36. The van der Waals surface area contributed by atoms with Crippen LogP contribution in [0.25, 0.3) is 17.0 Å². The molecule has 7 nitrogen and oxygen atoms in total. The Balaban J connectivity index is 1.52. The largest absolute Gasteiger partial charge is 0.284 e. The first-order valence-electron chi connectivity index (χ1n) is 9.18. The molecule has 0 radical (unpaired) electrons. The fourth-order valence-electron chi connectivity index (χ4n) is 3.79. The van der Waals surface area contributed by atoms with Crippen molar-refractivity contribution in [1.82, 2.24) is 23.7 Å². The molecule has 1 aliphatic rings. The van der Waals surface area contributed by atoms with Crippen molar-refractivity contribution in [2.24, 2.45) is 5.92 Å². The quantitative estimate of drug-likeness (QED) is 0.689. The van der Waals surface area contributed by atoms with Crippen LogP contribution >= 0.6 is 0 Å². The van der Waals surface area contributed by atoms with Crippen molar-refractivity contribution in [1.29, 1.82) is 0 Å². The fraction of sp³-hybridized carbons (Fsp3) is 0.421. The van der Waals surface area contributed by atoms with Crippen molar-refractivity contribution in [3.8, 4) is 11.3 Å². The number of pyridine rings is 1. The number of rotatable bonds is 4. The highest BCUT2D eigenvalue weighted by molar-refractivity contribution is 7.88. The van der Waals surface area contributed by atoms with Gasteiger partial charge in [0.2, 0.25) is 15.8 Å². The molecule has 3 aromatic heterocycles. The number of imidazole rings is 1. The third kappa shape index (κ3) is 4.01. The van der Waals surface area contributed by atoms with E-state index in [1.54, 1.807) is 10.5 Å². The first-order valence-corrected chi connectivity index (χ1v) is 11.0. The second-order valence-electron chi connectivity index (χ2n) is 7.18. The van der Waals surface area contributed by atoms with E-state index in [9.17, 15) is 8.42 Å². The van der Waals surface area contributed by atoms with E-state index in [0.717, 1.165) is 36.9 Å². The summed E-state index contributed by atoms with van der Waals surface area (Å²) in [5, 5.41) is 0. The summed E-state index contributed by atoms with van der Waals surface area (Å²) in [6, 6.07) is 4.04. The molecule has 0 saturated carbocycles. The maximum absolute atomic E-state index is 11.8. The number of hydrogen-bond donors (Lipinski definition) is 0. The van der Waals surface area contributed by atoms with E-state index in [0.29, 0.717) is 24.8 Å². The Morgan fingerprint density at radius 2 is 2.04 bits per heavy atom. The molecule has 1 saturated heterocycles. The Labute approximate surface area is 159 Å². The van der Waals surface area contributed by atoms with Crippen LogP contribution in [0.2, 0.25) is 0 Å². The molecule has 3 aromatic rings. The van der Waals surface area contributed by atoms with Gasteiger partial charge in [0, 0.05) is 43.4 Å². The maximum atomic E-state index is 11.8. The Morgan fingerprint density at radius 3 is 2.89 bits per heavy atom. The summed E-state index contributed by atoms with van der Waals surface area (Å²) in [5.74, 6) is 1.14. The minimum atomic E-state index is -3.10. The van der Waals surface area contributed by atoms with E-state index in [1.165, 1.54) is 11.8 Å². The van der Waals surface area contributed by atoms with Crippen molar-refractivity contribution >= 4 is 15.8 Å². The minimum absolute atomic E-state index is 0.470. The molecule has 8 heteroatoms. The van der Waals surface area contributed by atoms with Crippen molar-refractivity contribution < 1.29 is 8.42 Å². The zero-order chi connectivity index (χ0) is 18.9. The number of aromatic nitrogens is 4. The molecule has 4 rings (SSSR count). The van der Waals surface area contributed by atoms with Gasteiger partial charge in [-0.25, -0.2) is 22.7 Å². The average molecular weight is 385 g/mol. The number of fused-ring (bicyclic) bond motifs is 1. The van der Waals surface area contributed by atoms with Crippen LogP contribution in [0.4, 0.5) is 0 Å². The highest BCUT2D eigenvalue weighted by Gasteiger charge is 2.23. The lowest BCUT2D eigenvalue weighted by Gasteiger charge is -2.17. The zero-order valence-corrected chi connectivity index (χ0v) is 16.1. The molecular formula is C19H23N5O2S. The first-order chi connectivity index (χ1) is 13.0. The Morgan fingerprint density at radius 1 is 1.15 bits per heavy atom. The van der Waals surface area contributed by atoms with E-state index in [2.05, 4.69) is 21.0 Å². The molecule has 0 N–H and O–H groups in total. The molecule has 0 spiro atoms. The molecule has 1 atom stereocenters. The van der Waals surface area contributed by atoms with Crippen LogP contribution in [0.1, 0.15) is 24.8 Å². The van der Waals surface area contributed by atoms with Crippen molar-refractivity contribution in [2.45, 2.75) is 25.7 Å². The summed E-state index contributed by atoms with van der Waals surface area (Å²) in [6.45, 7) is 1.23. The number of nitrogens with zero attached hydrogens (tertiary/aromatic N) is 5. The van der Waals surface area contributed by atoms with Gasteiger partial charge in [-0.2, -0.15) is 0 Å². The van der Waals surface area contributed by atoms with Crippen LogP contribution in [-0.2, 0) is 16.4 Å². The molecule has 1 fully saturated rings. The summed E-state index contributed by atoms with van der Waals surface area (Å²) in [7, 11) is -3.10. The van der Waals surface area contributed by atoms with Crippen molar-refractivity contribution in [3.05, 3.63) is 48.7 Å². The topological polar surface area (TPSA) is 80.5 Å². The monoisotopic (exact) mass is 385 g/mol. The van der Waals surface area contributed by atoms with E-state index < -0.39 is 10.0 Å². The molecule has 0 aromatic carbocycles. The number of hydrogen-bond acceptors (Lipinski definition) is 5. The SMILES string of the molecule is CS(=O)(=O)N1CCC[C@@H](Cc2cncc(-c3cnc4ncccn34)c2)CC1. The molecule has 0 aliphatic carbocycles. The lowest BCUT2D eigenvalue weighted by Crippen LogP contribution is -2.30. The van der Waals surface area contributed by atoms with Crippen molar-refractivity contribution in [2.75, 3.05) is 19.3 Å². The van der Waals surface area contributed by atoms with E-state index >= 15 is 0 Å². The van der Waals surface area contributed by atoms with Crippen LogP contribution < -0.4 is 0 Å². The van der Waals surface area contributed by atoms with Crippen LogP contribution in [0, 0.1) is 5.92 Å². The van der Waals surface area contributed by atoms with Gasteiger partial charge in [-0.1, -0.05) is 0 Å². The predicted molar refractivity (Wildman–Crippen MR) is 104 cm³/mol. The second-order valence-corrected chi connectivity index (χ2v) is 9.16. The van der Waals surface area contributed by atoms with Crippen LogP contribution in [0.15, 0.2) is 43.1 Å². The van der Waals surface area contributed by atoms with Gasteiger partial charge in [-0.15, -0.1) is 0 Å². The molecule has 1 aliphatic heterocycles. The van der Waals surface area contributed by atoms with Gasteiger partial charge in [0.1, 0.15) is 0 Å². The summed E-state index contributed by atoms with van der Waals surface area (Å²) in [5.41, 5.74) is 3.15. The molecule has 0 unspecified atom stereocenters. The normalized spacial score (nSPS) is 19.2. The fourth-order valence-corrected chi connectivity index (χ4v) is 4.69. The van der Waals surface area contributed by atoms with Gasteiger partial charge in [-0.3, -0.25) is 9.38 Å². The molecule has 27 heavy (non-hydrogen) atoms. The molecular weight excluding hydrogens is 362 g/mol. The van der Waals surface area contributed by atoms with Crippen LogP contribution in [0.5, 0.6) is 0 Å². The van der Waals surface area contributed by atoms with Crippen molar-refractivity contribution in [3.63, 3.8) is 0 Å².